The van der Waals surface area contributed by atoms with Gasteiger partial charge in [0.1, 0.15) is 0 Å². The molecule has 0 spiro atoms. The van der Waals surface area contributed by atoms with Crippen molar-refractivity contribution in [1.82, 2.24) is 24.4 Å². The van der Waals surface area contributed by atoms with Gasteiger partial charge in [0.25, 0.3) is 11.8 Å². The predicted octanol–water partition coefficient (Wildman–Crippen LogP) is 3.67. The van der Waals surface area contributed by atoms with Crippen molar-refractivity contribution in [3.63, 3.8) is 0 Å². The predicted molar refractivity (Wildman–Crippen MR) is 112 cm³/mol. The maximum absolute atomic E-state index is 13.7. The van der Waals surface area contributed by atoms with Crippen LogP contribution in [0.3, 0.4) is 0 Å². The lowest BCUT2D eigenvalue weighted by Gasteiger charge is -2.33. The van der Waals surface area contributed by atoms with Gasteiger partial charge in [-0.1, -0.05) is 6.07 Å². The number of alkyl halides is 3. The van der Waals surface area contributed by atoms with Crippen molar-refractivity contribution in [3.8, 4) is 10.6 Å². The van der Waals surface area contributed by atoms with Crippen LogP contribution in [0.4, 0.5) is 13.2 Å². The fourth-order valence-corrected chi connectivity index (χ4v) is 4.35. The summed E-state index contributed by atoms with van der Waals surface area (Å²) in [7, 11) is 0. The number of hydrogen-bond donors (Lipinski definition) is 0. The Morgan fingerprint density at radius 2 is 1.73 bits per heavy atom. The molecule has 0 aromatic carbocycles. The molecule has 0 unspecified atom stereocenters. The van der Waals surface area contributed by atoms with Crippen molar-refractivity contribution < 1.29 is 27.2 Å². The summed E-state index contributed by atoms with van der Waals surface area (Å²) in [5.41, 5.74) is -1.05. The zero-order chi connectivity index (χ0) is 23.2. The van der Waals surface area contributed by atoms with Gasteiger partial charge in [0.05, 0.1) is 16.8 Å². The number of hydrogen-bond acceptors (Lipinski definition) is 6. The third kappa shape index (κ3) is 3.97. The second kappa shape index (κ2) is 8.03. The summed E-state index contributed by atoms with van der Waals surface area (Å²) in [4.78, 5) is 33.2. The van der Waals surface area contributed by atoms with Crippen molar-refractivity contribution in [1.29, 1.82) is 0 Å². The van der Waals surface area contributed by atoms with Gasteiger partial charge in [0, 0.05) is 32.2 Å². The van der Waals surface area contributed by atoms with Gasteiger partial charge in [-0.05, 0) is 29.6 Å². The van der Waals surface area contributed by atoms with Crippen LogP contribution in [0.25, 0.3) is 16.2 Å². The minimum absolute atomic E-state index is 0.0665. The van der Waals surface area contributed by atoms with E-state index in [1.54, 1.807) is 34.5 Å². The van der Waals surface area contributed by atoms with Gasteiger partial charge >= 0.3 is 6.18 Å². The van der Waals surface area contributed by atoms with E-state index in [4.69, 9.17) is 4.42 Å². The molecule has 0 saturated carbocycles. The smallest absolute Gasteiger partial charge is 0.433 e. The molecule has 5 heterocycles. The number of carbonyl (C=O) groups excluding carboxylic acids is 2. The number of amides is 2. The molecule has 1 aliphatic rings. The fourth-order valence-electron chi connectivity index (χ4n) is 3.66. The van der Waals surface area contributed by atoms with Crippen molar-refractivity contribution in [3.05, 3.63) is 65.2 Å². The first-order valence-electron chi connectivity index (χ1n) is 9.95. The van der Waals surface area contributed by atoms with E-state index in [1.165, 1.54) is 28.6 Å². The molecule has 33 heavy (non-hydrogen) atoms. The molecule has 0 aliphatic carbocycles. The molecule has 2 amide bonds. The van der Waals surface area contributed by atoms with Gasteiger partial charge in [-0.15, -0.1) is 11.3 Å². The Morgan fingerprint density at radius 1 is 1.00 bits per heavy atom. The molecule has 12 heteroatoms. The van der Waals surface area contributed by atoms with Crippen LogP contribution in [0.15, 0.2) is 52.5 Å². The first-order valence-corrected chi connectivity index (χ1v) is 10.8. The van der Waals surface area contributed by atoms with E-state index in [2.05, 4.69) is 10.1 Å². The molecule has 4 aromatic heterocycles. The lowest BCUT2D eigenvalue weighted by molar-refractivity contribution is -0.142. The highest BCUT2D eigenvalue weighted by molar-refractivity contribution is 7.13. The van der Waals surface area contributed by atoms with E-state index in [1.807, 2.05) is 0 Å². The number of thiophene rings is 1. The summed E-state index contributed by atoms with van der Waals surface area (Å²) in [6.45, 7) is 0.985. The lowest BCUT2D eigenvalue weighted by Crippen LogP contribution is -2.50. The largest absolute Gasteiger partial charge is 0.459 e. The van der Waals surface area contributed by atoms with E-state index in [0.29, 0.717) is 9.39 Å². The standard InChI is InChI=1S/C21H16F3N5O3S/c22-21(23,24)17-11-13(16-4-2-10-33-16)25-18-12-14(26-29(17)18)19(30)27-5-7-28(8-6-27)20(31)15-3-1-9-32-15/h1-4,9-12H,5-8H2. The van der Waals surface area contributed by atoms with Crippen LogP contribution in [0, 0.1) is 0 Å². The topological polar surface area (TPSA) is 84.0 Å². The Morgan fingerprint density at radius 3 is 2.33 bits per heavy atom. The maximum atomic E-state index is 13.7. The van der Waals surface area contributed by atoms with Gasteiger partial charge in [-0.25, -0.2) is 9.50 Å². The lowest BCUT2D eigenvalue weighted by atomic mass is 10.2. The fraction of sp³-hybridized carbons (Fsp3) is 0.238. The average Bonchev–Trinajstić information content (AvgIpc) is 3.58. The second-order valence-corrected chi connectivity index (χ2v) is 8.31. The van der Waals surface area contributed by atoms with E-state index < -0.39 is 17.8 Å². The van der Waals surface area contributed by atoms with Crippen LogP contribution in [-0.4, -0.2) is 62.4 Å². The van der Waals surface area contributed by atoms with Gasteiger partial charge in [-0.3, -0.25) is 9.59 Å². The Balaban J connectivity index is 1.40. The number of piperazine rings is 1. The minimum atomic E-state index is -4.68. The van der Waals surface area contributed by atoms with E-state index in [9.17, 15) is 22.8 Å². The number of furan rings is 1. The quantitative estimate of drug-likeness (QED) is 0.452. The Hall–Kier alpha value is -3.67. The first-order chi connectivity index (χ1) is 15.8. The van der Waals surface area contributed by atoms with Crippen molar-refractivity contribution >= 4 is 28.8 Å². The van der Waals surface area contributed by atoms with Crippen LogP contribution in [0.5, 0.6) is 0 Å². The van der Waals surface area contributed by atoms with Crippen LogP contribution >= 0.6 is 11.3 Å². The normalized spacial score (nSPS) is 14.8. The maximum Gasteiger partial charge on any atom is 0.433 e. The number of carbonyl (C=O) groups is 2. The minimum Gasteiger partial charge on any atom is -0.459 e. The third-order valence-electron chi connectivity index (χ3n) is 5.30. The van der Waals surface area contributed by atoms with Gasteiger partial charge in [-0.2, -0.15) is 18.3 Å². The average molecular weight is 475 g/mol. The summed E-state index contributed by atoms with van der Waals surface area (Å²) in [5, 5.41) is 5.67. The molecule has 0 radical (unpaired) electrons. The molecule has 5 rings (SSSR count). The molecule has 1 saturated heterocycles. The second-order valence-electron chi connectivity index (χ2n) is 7.36. The number of nitrogens with zero attached hydrogens (tertiary/aromatic N) is 5. The Bertz CT molecular complexity index is 1310. The molecule has 0 atom stereocenters. The molecule has 8 nitrogen and oxygen atoms in total. The highest BCUT2D eigenvalue weighted by Gasteiger charge is 2.36. The summed E-state index contributed by atoms with van der Waals surface area (Å²) >= 11 is 1.27. The number of halogens is 3. The molecule has 4 aromatic rings. The van der Waals surface area contributed by atoms with E-state index in [-0.39, 0.29) is 54.9 Å². The van der Waals surface area contributed by atoms with Gasteiger partial charge in [0.2, 0.25) is 0 Å². The monoisotopic (exact) mass is 475 g/mol. The summed E-state index contributed by atoms with van der Waals surface area (Å²) in [6, 6.07) is 8.76. The zero-order valence-electron chi connectivity index (χ0n) is 17.0. The van der Waals surface area contributed by atoms with E-state index in [0.717, 1.165) is 6.07 Å². The van der Waals surface area contributed by atoms with Crippen molar-refractivity contribution in [2.45, 2.75) is 6.18 Å². The number of rotatable bonds is 3. The number of fused-ring (bicyclic) bond motifs is 1. The van der Waals surface area contributed by atoms with Crippen LogP contribution in [0.1, 0.15) is 26.7 Å². The molecule has 1 fully saturated rings. The SMILES string of the molecule is O=C(c1cc2nc(-c3cccs3)cc(C(F)(F)F)n2n1)N1CCN(C(=O)c2ccco2)CC1. The number of aromatic nitrogens is 3. The highest BCUT2D eigenvalue weighted by Crippen LogP contribution is 2.33. The van der Waals surface area contributed by atoms with Crippen molar-refractivity contribution in [2.75, 3.05) is 26.2 Å². The van der Waals surface area contributed by atoms with Gasteiger partial charge in [0.15, 0.2) is 22.8 Å². The first kappa shape index (κ1) is 21.2. The van der Waals surface area contributed by atoms with Crippen LogP contribution in [-0.2, 0) is 6.18 Å². The Labute approximate surface area is 188 Å². The molecule has 0 N–H and O–H groups in total. The molecule has 170 valence electrons. The van der Waals surface area contributed by atoms with Crippen molar-refractivity contribution in [2.24, 2.45) is 0 Å². The Kier molecular flexibility index (Phi) is 5.16. The summed E-state index contributed by atoms with van der Waals surface area (Å²) < 4.78 is 46.9. The third-order valence-corrected chi connectivity index (χ3v) is 6.19. The van der Waals surface area contributed by atoms with Crippen LogP contribution in [0.2, 0.25) is 0 Å². The highest BCUT2D eigenvalue weighted by atomic mass is 32.1. The van der Waals surface area contributed by atoms with Gasteiger partial charge < -0.3 is 14.2 Å². The van der Waals surface area contributed by atoms with E-state index >= 15 is 0 Å². The molecule has 1 aliphatic heterocycles. The molecular formula is C21H16F3N5O3S. The summed E-state index contributed by atoms with van der Waals surface area (Å²) in [5.74, 6) is -0.584. The zero-order valence-corrected chi connectivity index (χ0v) is 17.8. The molecular weight excluding hydrogens is 459 g/mol. The molecule has 0 bridgehead atoms. The van der Waals surface area contributed by atoms with Crippen LogP contribution < -0.4 is 0 Å². The summed E-state index contributed by atoms with van der Waals surface area (Å²) in [6.07, 6.45) is -3.28.